The van der Waals surface area contributed by atoms with Crippen LogP contribution in [0.25, 0.3) is 97.7 Å². The van der Waals surface area contributed by atoms with Crippen molar-refractivity contribution in [2.45, 2.75) is 94.8 Å². The first-order valence-electron chi connectivity index (χ1n) is 43.1. The minimum atomic E-state index is -0.202. The lowest BCUT2D eigenvalue weighted by atomic mass is 9.99. The second-order valence-corrected chi connectivity index (χ2v) is 30.5. The fourth-order valence-electron chi connectivity index (χ4n) is 17.5. The molecule has 0 bridgehead atoms. The van der Waals surface area contributed by atoms with Gasteiger partial charge >= 0.3 is 0 Å². The standard InChI is InChI=1S/C105H97N13O6/c1-10-66-31-19-28-40-90(66)115(13-4)105(119)86-63-71-45-60-85-82-36-24-27-39-89(82)108-98(85)95(71)101(104(86)122-18-9)114-111-76-50-56-79(57-51-76)118(77-52-46-74(47-53-77)109-112-99-93-69(43-58-83-80-34-22-25-37-87(80)106-96(83)93)61-72(102(99)120-16-7)64-123-116(14-5)91-41-29-20-32-67(91)11-2)78-54-48-75(49-55-78)110-113-100-94-70(44-59-84-81-35-23-26-38-88(81)107-97(84)94)62-73(103(100)121-17-8)65-124-117(15-6)92-42-30-21-33-68(92)12-3/h19-63,106-108H,10-18,64-65H2,1-9H3. The number of carbonyl (C=O) groups excluding carboxylic acids is 1. The van der Waals surface area contributed by atoms with Gasteiger partial charge < -0.3 is 39.0 Å². The van der Waals surface area contributed by atoms with E-state index in [1.807, 2.05) is 152 Å². The van der Waals surface area contributed by atoms with Crippen molar-refractivity contribution in [3.05, 3.63) is 306 Å². The molecule has 0 aliphatic rings. The molecule has 18 aromatic rings. The molecule has 0 unspecified atom stereocenters. The van der Waals surface area contributed by atoms with Crippen molar-refractivity contribution in [2.75, 3.05) is 59.4 Å². The molecule has 19 heteroatoms. The van der Waals surface area contributed by atoms with Gasteiger partial charge in [0.15, 0.2) is 17.2 Å². The van der Waals surface area contributed by atoms with E-state index in [4.69, 9.17) is 54.6 Å². The van der Waals surface area contributed by atoms with Crippen LogP contribution in [0.3, 0.4) is 0 Å². The van der Waals surface area contributed by atoms with Crippen LogP contribution in [0.1, 0.15) is 100 Å². The first-order valence-corrected chi connectivity index (χ1v) is 43.1. The minimum absolute atomic E-state index is 0.202. The highest BCUT2D eigenvalue weighted by atomic mass is 16.7. The number of ether oxygens (including phenoxy) is 3. The third-order valence-electron chi connectivity index (χ3n) is 23.3. The number of aromatic amines is 3. The first kappa shape index (κ1) is 80.5. The quantitative estimate of drug-likeness (QED) is 0.0280. The number of benzene rings is 15. The normalized spacial score (nSPS) is 11.9. The van der Waals surface area contributed by atoms with Gasteiger partial charge in [-0.1, -0.05) is 166 Å². The smallest absolute Gasteiger partial charge is 0.262 e. The number of aromatic nitrogens is 3. The second-order valence-electron chi connectivity index (χ2n) is 30.5. The number of aryl methyl sites for hydroxylation is 3. The summed E-state index contributed by atoms with van der Waals surface area (Å²) in [5.74, 6) is 1.32. The molecule has 0 fully saturated rings. The maximum Gasteiger partial charge on any atom is 0.262 e. The number of rotatable bonds is 31. The fraction of sp³-hybridized carbons (Fsp3) is 0.190. The number of fused-ring (bicyclic) bond motifs is 15. The lowest BCUT2D eigenvalue weighted by Crippen LogP contribution is -2.32. The summed E-state index contributed by atoms with van der Waals surface area (Å²) >= 11 is 0. The summed E-state index contributed by atoms with van der Waals surface area (Å²) in [5, 5.41) is 46.5. The predicted octanol–water partition coefficient (Wildman–Crippen LogP) is 29.2. The van der Waals surface area contributed by atoms with Crippen molar-refractivity contribution in [3.8, 4) is 17.2 Å². The maximum atomic E-state index is 15.4. The Morgan fingerprint density at radius 3 is 1.01 bits per heavy atom. The van der Waals surface area contributed by atoms with E-state index in [0.717, 1.165) is 168 Å². The summed E-state index contributed by atoms with van der Waals surface area (Å²) in [4.78, 5) is 44.2. The van der Waals surface area contributed by atoms with Gasteiger partial charge in [-0.3, -0.25) is 24.6 Å². The zero-order chi connectivity index (χ0) is 84.9. The third-order valence-corrected chi connectivity index (χ3v) is 23.3. The molecule has 0 spiro atoms. The van der Waals surface area contributed by atoms with E-state index < -0.39 is 0 Å². The summed E-state index contributed by atoms with van der Waals surface area (Å²) < 4.78 is 20.1. The second kappa shape index (κ2) is 35.6. The van der Waals surface area contributed by atoms with Crippen LogP contribution < -0.4 is 34.1 Å². The summed E-state index contributed by atoms with van der Waals surface area (Å²) in [6, 6.07) is 92.9. The van der Waals surface area contributed by atoms with Crippen LogP contribution in [0.2, 0.25) is 0 Å². The lowest BCUT2D eigenvalue weighted by Gasteiger charge is -2.26. The Kier molecular flexibility index (Phi) is 23.1. The molecule has 18 rings (SSSR count). The number of nitrogens with one attached hydrogen (secondary N) is 3. The molecule has 0 aliphatic heterocycles. The zero-order valence-corrected chi connectivity index (χ0v) is 71.2. The van der Waals surface area contributed by atoms with Crippen LogP contribution in [0.5, 0.6) is 17.2 Å². The Morgan fingerprint density at radius 2 is 0.645 bits per heavy atom. The topological polar surface area (TPSA) is 198 Å². The van der Waals surface area contributed by atoms with Gasteiger partial charge in [-0.25, -0.2) is 0 Å². The predicted molar refractivity (Wildman–Crippen MR) is 508 cm³/mol. The van der Waals surface area contributed by atoms with Crippen molar-refractivity contribution in [2.24, 2.45) is 30.7 Å². The molecule has 0 aliphatic carbocycles. The van der Waals surface area contributed by atoms with Crippen LogP contribution in [-0.4, -0.2) is 60.3 Å². The number of anilines is 6. The highest BCUT2D eigenvalue weighted by molar-refractivity contribution is 6.25. The molecule has 3 N–H and O–H groups in total. The van der Waals surface area contributed by atoms with Gasteiger partial charge in [0.05, 0.1) is 70.4 Å². The molecule has 19 nitrogen and oxygen atoms in total. The summed E-state index contributed by atoms with van der Waals surface area (Å²) in [6.45, 7) is 21.7. The van der Waals surface area contributed by atoms with E-state index in [0.29, 0.717) is 89.8 Å². The first-order chi connectivity index (χ1) is 61.0. The van der Waals surface area contributed by atoms with Crippen molar-refractivity contribution >= 4 is 172 Å². The summed E-state index contributed by atoms with van der Waals surface area (Å²) in [6.07, 6.45) is 2.47. The van der Waals surface area contributed by atoms with Gasteiger partial charge in [-0.15, -0.1) is 15.3 Å². The van der Waals surface area contributed by atoms with Crippen LogP contribution >= 0.6 is 0 Å². The SMILES string of the molecule is CCOc1c(CON(CC)c2ccccc2CC)cc2ccc3c4ccccc4[nH]c3c2c1N=Nc1ccc(N(c2ccc(N=Nc3c(OCC)c(CON(CC)c4ccccc4CC)cc4ccc5c6ccccc6[nH]c5c34)cc2)c2ccc(N=Nc3c(OCC)c(C(=O)N(CC)c4ccccc4CC)cc4ccc5c6ccccc6[nH]c5c34)cc2)cc1. The number of hydrogen-bond donors (Lipinski definition) is 3. The number of carbonyl (C=O) groups is 1. The van der Waals surface area contributed by atoms with E-state index in [1.165, 1.54) is 11.1 Å². The van der Waals surface area contributed by atoms with Crippen molar-refractivity contribution < 1.29 is 28.7 Å². The Morgan fingerprint density at radius 1 is 0.315 bits per heavy atom. The van der Waals surface area contributed by atoms with Crippen LogP contribution in [0, 0.1) is 0 Å². The van der Waals surface area contributed by atoms with Gasteiger partial charge in [-0.05, 0) is 221 Å². The molecule has 0 atom stereocenters. The van der Waals surface area contributed by atoms with Crippen molar-refractivity contribution in [1.29, 1.82) is 0 Å². The highest BCUT2D eigenvalue weighted by Gasteiger charge is 2.30. The molecule has 618 valence electrons. The minimum Gasteiger partial charge on any atom is -0.491 e. The largest absolute Gasteiger partial charge is 0.491 e. The number of H-pyrrole nitrogens is 3. The zero-order valence-electron chi connectivity index (χ0n) is 71.2. The monoisotopic (exact) mass is 1640 g/mol. The molecule has 0 saturated heterocycles. The summed E-state index contributed by atoms with van der Waals surface area (Å²) in [7, 11) is 0. The average molecular weight is 1640 g/mol. The van der Waals surface area contributed by atoms with Gasteiger partial charge in [0.25, 0.3) is 5.91 Å². The highest BCUT2D eigenvalue weighted by Crippen LogP contribution is 2.51. The molecule has 124 heavy (non-hydrogen) atoms. The van der Waals surface area contributed by atoms with Gasteiger partial charge in [0.2, 0.25) is 0 Å². The molecule has 3 heterocycles. The fourth-order valence-corrected chi connectivity index (χ4v) is 17.5. The van der Waals surface area contributed by atoms with E-state index in [1.54, 1.807) is 0 Å². The number of para-hydroxylation sites is 6. The molecule has 3 aromatic heterocycles. The van der Waals surface area contributed by atoms with E-state index in [9.17, 15) is 0 Å². The van der Waals surface area contributed by atoms with Crippen LogP contribution in [0.4, 0.5) is 68.2 Å². The summed E-state index contributed by atoms with van der Waals surface area (Å²) in [5.41, 5.74) is 20.0. The number of nitrogens with zero attached hydrogens (tertiary/aromatic N) is 10. The molecule has 1 amide bonds. The van der Waals surface area contributed by atoms with E-state index in [-0.39, 0.29) is 25.7 Å². The number of amides is 1. The van der Waals surface area contributed by atoms with Gasteiger partial charge in [-0.2, -0.15) is 15.3 Å². The van der Waals surface area contributed by atoms with Crippen LogP contribution in [0.15, 0.2) is 304 Å². The molecular weight excluding hydrogens is 1540 g/mol. The van der Waals surface area contributed by atoms with Gasteiger partial charge in [0.1, 0.15) is 30.3 Å². The lowest BCUT2D eigenvalue weighted by molar-refractivity contribution is 0.0949. The van der Waals surface area contributed by atoms with Crippen molar-refractivity contribution in [3.63, 3.8) is 0 Å². The van der Waals surface area contributed by atoms with E-state index >= 15 is 4.79 Å². The molecule has 0 radical (unpaired) electrons. The van der Waals surface area contributed by atoms with E-state index in [2.05, 4.69) is 218 Å². The molecule has 15 aromatic carbocycles. The average Bonchev–Trinajstić information content (AvgIpc) is 1.51. The van der Waals surface area contributed by atoms with Crippen molar-refractivity contribution in [1.82, 2.24) is 15.0 Å². The number of hydrogen-bond acceptors (Lipinski definition) is 15. The Bertz CT molecular complexity index is 6850. The number of azo groups is 3. The maximum absolute atomic E-state index is 15.4. The Balaban J connectivity index is 0.747. The number of hydroxylamine groups is 2. The Hall–Kier alpha value is -14.5. The third kappa shape index (κ3) is 15.3. The molecule has 0 saturated carbocycles. The van der Waals surface area contributed by atoms with Gasteiger partial charge in [0, 0.05) is 119 Å². The Labute approximate surface area is 719 Å². The van der Waals surface area contributed by atoms with Crippen LogP contribution in [-0.2, 0) is 42.2 Å². The molecular formula is C105H97N13O6.